The number of hydrogen-bond acceptors (Lipinski definition) is 1. The zero-order chi connectivity index (χ0) is 13.9. The Bertz CT molecular complexity index is 575. The van der Waals surface area contributed by atoms with Crippen LogP contribution in [0.3, 0.4) is 0 Å². The van der Waals surface area contributed by atoms with Gasteiger partial charge in [-0.05, 0) is 36.8 Å². The minimum absolute atomic E-state index is 0.643. The van der Waals surface area contributed by atoms with Crippen molar-refractivity contribution < 1.29 is 0 Å². The van der Waals surface area contributed by atoms with E-state index >= 15 is 0 Å². The number of aromatic nitrogens is 2. The van der Waals surface area contributed by atoms with Crippen LogP contribution < -0.4 is 0 Å². The van der Waals surface area contributed by atoms with E-state index in [0.29, 0.717) is 5.88 Å². The van der Waals surface area contributed by atoms with Crippen LogP contribution in [0, 0.1) is 11.8 Å². The number of halogens is 1. The summed E-state index contributed by atoms with van der Waals surface area (Å²) in [7, 11) is 0. The van der Waals surface area contributed by atoms with Gasteiger partial charge in [-0.25, -0.2) is 4.98 Å². The lowest BCUT2D eigenvalue weighted by Gasteiger charge is -2.27. The van der Waals surface area contributed by atoms with E-state index in [4.69, 9.17) is 16.6 Å². The molecule has 1 aliphatic rings. The van der Waals surface area contributed by atoms with Gasteiger partial charge in [0.2, 0.25) is 0 Å². The normalized spacial score (nSPS) is 23.3. The number of benzene rings is 1. The summed E-state index contributed by atoms with van der Waals surface area (Å²) >= 11 is 5.95. The van der Waals surface area contributed by atoms with Gasteiger partial charge in [0.1, 0.15) is 5.82 Å². The van der Waals surface area contributed by atoms with Crippen molar-refractivity contribution in [2.45, 2.75) is 45.6 Å². The highest BCUT2D eigenvalue weighted by Gasteiger charge is 2.21. The van der Waals surface area contributed by atoms with E-state index in [-0.39, 0.29) is 0 Å². The molecule has 20 heavy (non-hydrogen) atoms. The summed E-state index contributed by atoms with van der Waals surface area (Å²) in [5, 5.41) is 0. The van der Waals surface area contributed by atoms with Gasteiger partial charge in [0.25, 0.3) is 0 Å². The Hall–Kier alpha value is -1.02. The molecule has 3 rings (SSSR count). The van der Waals surface area contributed by atoms with E-state index in [2.05, 4.69) is 35.8 Å². The van der Waals surface area contributed by atoms with Gasteiger partial charge < -0.3 is 4.57 Å². The molecule has 2 unspecified atom stereocenters. The van der Waals surface area contributed by atoms with Crippen molar-refractivity contribution in [3.63, 3.8) is 0 Å². The molecule has 1 saturated carbocycles. The Morgan fingerprint density at radius 3 is 2.95 bits per heavy atom. The Morgan fingerprint density at radius 1 is 1.30 bits per heavy atom. The molecule has 1 aromatic carbocycles. The van der Waals surface area contributed by atoms with Crippen molar-refractivity contribution >= 4 is 22.6 Å². The predicted molar refractivity (Wildman–Crippen MR) is 85.3 cm³/mol. The molecule has 2 atom stereocenters. The number of fused-ring (bicyclic) bond motifs is 1. The highest BCUT2D eigenvalue weighted by molar-refractivity contribution is 6.17. The number of hydrogen-bond donors (Lipinski definition) is 0. The monoisotopic (exact) mass is 290 g/mol. The second-order valence-corrected chi connectivity index (χ2v) is 6.58. The van der Waals surface area contributed by atoms with Crippen molar-refractivity contribution in [1.29, 1.82) is 0 Å². The van der Waals surface area contributed by atoms with Gasteiger partial charge in [0, 0.05) is 18.8 Å². The summed E-state index contributed by atoms with van der Waals surface area (Å²) in [6, 6.07) is 8.46. The molecule has 2 aromatic rings. The average molecular weight is 291 g/mol. The van der Waals surface area contributed by atoms with Crippen molar-refractivity contribution in [2.75, 3.05) is 5.88 Å². The molecule has 2 nitrogen and oxygen atoms in total. The summed E-state index contributed by atoms with van der Waals surface area (Å²) in [5.74, 6) is 3.47. The topological polar surface area (TPSA) is 17.8 Å². The van der Waals surface area contributed by atoms with E-state index in [9.17, 15) is 0 Å². The van der Waals surface area contributed by atoms with Crippen LogP contribution in [0.2, 0.25) is 0 Å². The Morgan fingerprint density at radius 2 is 2.15 bits per heavy atom. The van der Waals surface area contributed by atoms with Crippen LogP contribution in [0.25, 0.3) is 11.0 Å². The highest BCUT2D eigenvalue weighted by Crippen LogP contribution is 2.31. The van der Waals surface area contributed by atoms with Crippen molar-refractivity contribution in [2.24, 2.45) is 11.8 Å². The third-order valence-corrected chi connectivity index (χ3v) is 4.73. The van der Waals surface area contributed by atoms with E-state index in [1.165, 1.54) is 31.2 Å². The maximum absolute atomic E-state index is 5.95. The molecule has 1 aromatic heterocycles. The average Bonchev–Trinajstić information content (AvgIpc) is 2.78. The number of imidazole rings is 1. The molecule has 0 spiro atoms. The van der Waals surface area contributed by atoms with E-state index in [1.807, 2.05) is 0 Å². The molecule has 108 valence electrons. The first-order valence-corrected chi connectivity index (χ1v) is 8.31. The Labute approximate surface area is 126 Å². The van der Waals surface area contributed by atoms with Crippen molar-refractivity contribution in [3.05, 3.63) is 30.1 Å². The largest absolute Gasteiger partial charge is 0.328 e. The molecular weight excluding hydrogens is 268 g/mol. The molecular formula is C17H23ClN2. The lowest BCUT2D eigenvalue weighted by Crippen LogP contribution is -2.19. The molecule has 0 bridgehead atoms. The molecule has 1 fully saturated rings. The predicted octanol–water partition coefficient (Wildman–Crippen LogP) is 4.64. The van der Waals surface area contributed by atoms with Crippen LogP contribution in [0.1, 0.15) is 38.4 Å². The molecule has 0 saturated heterocycles. The molecule has 1 aliphatic carbocycles. The summed E-state index contributed by atoms with van der Waals surface area (Å²) in [6.07, 6.45) is 6.35. The van der Waals surface area contributed by atoms with Crippen LogP contribution in [-0.2, 0) is 13.0 Å². The second-order valence-electron chi connectivity index (χ2n) is 6.20. The minimum atomic E-state index is 0.643. The van der Waals surface area contributed by atoms with E-state index in [1.54, 1.807) is 0 Å². The quantitative estimate of drug-likeness (QED) is 0.750. The van der Waals surface area contributed by atoms with Gasteiger partial charge in [-0.15, -0.1) is 11.6 Å². The van der Waals surface area contributed by atoms with Crippen molar-refractivity contribution in [1.82, 2.24) is 9.55 Å². The first-order chi connectivity index (χ1) is 9.78. The first kappa shape index (κ1) is 13.9. The van der Waals surface area contributed by atoms with Gasteiger partial charge in [-0.3, -0.25) is 0 Å². The van der Waals surface area contributed by atoms with Crippen molar-refractivity contribution in [3.8, 4) is 0 Å². The standard InChI is InChI=1S/C17H23ClN2/c1-13-5-4-6-14(11-13)12-20-16-8-3-2-7-15(16)19-17(20)9-10-18/h2-3,7-8,13-14H,4-6,9-12H2,1H3. The summed E-state index contributed by atoms with van der Waals surface area (Å²) in [6.45, 7) is 3.49. The summed E-state index contributed by atoms with van der Waals surface area (Å²) in [5.41, 5.74) is 2.38. The summed E-state index contributed by atoms with van der Waals surface area (Å²) in [4.78, 5) is 4.77. The number of nitrogens with zero attached hydrogens (tertiary/aromatic N) is 2. The van der Waals surface area contributed by atoms with Gasteiger partial charge >= 0.3 is 0 Å². The van der Waals surface area contributed by atoms with Gasteiger partial charge in [-0.1, -0.05) is 31.9 Å². The minimum Gasteiger partial charge on any atom is -0.328 e. The fourth-order valence-corrected chi connectivity index (χ4v) is 3.76. The first-order valence-electron chi connectivity index (χ1n) is 7.78. The lowest BCUT2D eigenvalue weighted by molar-refractivity contribution is 0.257. The molecule has 0 N–H and O–H groups in total. The van der Waals surface area contributed by atoms with Crippen LogP contribution in [0.4, 0.5) is 0 Å². The fraction of sp³-hybridized carbons (Fsp3) is 0.588. The molecule has 0 aliphatic heterocycles. The molecule has 0 radical (unpaired) electrons. The molecule has 3 heteroatoms. The number of aryl methyl sites for hydroxylation is 1. The van der Waals surface area contributed by atoms with E-state index < -0.39 is 0 Å². The van der Waals surface area contributed by atoms with Crippen LogP contribution >= 0.6 is 11.6 Å². The van der Waals surface area contributed by atoms with Gasteiger partial charge in [0.05, 0.1) is 11.0 Å². The third kappa shape index (κ3) is 2.85. The molecule has 1 heterocycles. The van der Waals surface area contributed by atoms with Crippen LogP contribution in [0.5, 0.6) is 0 Å². The SMILES string of the molecule is CC1CCCC(Cn2c(CCCl)nc3ccccc32)C1. The second kappa shape index (κ2) is 6.17. The number of rotatable bonds is 4. The van der Waals surface area contributed by atoms with Gasteiger partial charge in [0.15, 0.2) is 0 Å². The smallest absolute Gasteiger partial charge is 0.111 e. The highest BCUT2D eigenvalue weighted by atomic mass is 35.5. The third-order valence-electron chi connectivity index (χ3n) is 4.54. The van der Waals surface area contributed by atoms with Crippen LogP contribution in [0.15, 0.2) is 24.3 Å². The maximum atomic E-state index is 5.95. The Kier molecular flexibility index (Phi) is 4.30. The summed E-state index contributed by atoms with van der Waals surface area (Å²) < 4.78 is 2.42. The zero-order valence-corrected chi connectivity index (χ0v) is 12.9. The number of alkyl halides is 1. The van der Waals surface area contributed by atoms with E-state index in [0.717, 1.165) is 36.1 Å². The lowest BCUT2D eigenvalue weighted by atomic mass is 9.82. The van der Waals surface area contributed by atoms with Crippen LogP contribution in [-0.4, -0.2) is 15.4 Å². The number of para-hydroxylation sites is 2. The maximum Gasteiger partial charge on any atom is 0.111 e. The Balaban J connectivity index is 1.90. The fourth-order valence-electron chi connectivity index (χ4n) is 3.59. The van der Waals surface area contributed by atoms with Gasteiger partial charge in [-0.2, -0.15) is 0 Å². The zero-order valence-electron chi connectivity index (χ0n) is 12.2. The molecule has 0 amide bonds.